The summed E-state index contributed by atoms with van der Waals surface area (Å²) in [4.78, 5) is 23.4. The first-order valence-electron chi connectivity index (χ1n) is 19.0. The zero-order valence-electron chi connectivity index (χ0n) is 33.6. The summed E-state index contributed by atoms with van der Waals surface area (Å²) in [5, 5.41) is 24.4. The monoisotopic (exact) mass is 744 g/mol. The van der Waals surface area contributed by atoms with E-state index in [9.17, 15) is 19.8 Å². The SMILES string of the molecule is C=C(OC)C(=O)NC[C@@H](O)C[C@@H](C/C=C(C)/C=C/[C@H](C)C[C@@H]1O[C@H](C[C@@H]2C[C@H](OC)C[C@H]([C@@H](C)/C=C(C)/C=C/C=C/C)O2)[C@@H](C)C[C@@]1(C)O)OC(N)=O. The molecule has 11 atom stereocenters. The van der Waals surface area contributed by atoms with Crippen LogP contribution in [0.3, 0.4) is 0 Å². The topological polar surface area (TPSA) is 159 Å². The van der Waals surface area contributed by atoms with E-state index < -0.39 is 29.8 Å². The van der Waals surface area contributed by atoms with E-state index in [4.69, 9.17) is 29.4 Å². The Bertz CT molecular complexity index is 1320. The quantitative estimate of drug-likeness (QED) is 0.0612. The van der Waals surface area contributed by atoms with Gasteiger partial charge in [0.15, 0.2) is 5.76 Å². The number of ether oxygens (including phenoxy) is 5. The minimum atomic E-state index is -0.981. The van der Waals surface area contributed by atoms with Gasteiger partial charge in [0.25, 0.3) is 5.91 Å². The minimum Gasteiger partial charge on any atom is -0.492 e. The number of amides is 2. The van der Waals surface area contributed by atoms with E-state index >= 15 is 0 Å². The summed E-state index contributed by atoms with van der Waals surface area (Å²) in [6, 6.07) is 0. The Balaban J connectivity index is 2.02. The van der Waals surface area contributed by atoms with Gasteiger partial charge in [0, 0.05) is 45.3 Å². The average molecular weight is 745 g/mol. The van der Waals surface area contributed by atoms with E-state index in [2.05, 4.69) is 57.8 Å². The van der Waals surface area contributed by atoms with E-state index in [1.54, 1.807) is 7.11 Å². The summed E-state index contributed by atoms with van der Waals surface area (Å²) in [7, 11) is 3.11. The highest BCUT2D eigenvalue weighted by Gasteiger charge is 2.45. The van der Waals surface area contributed by atoms with Crippen molar-refractivity contribution in [2.45, 2.75) is 142 Å². The molecule has 0 bridgehead atoms. The highest BCUT2D eigenvalue weighted by atomic mass is 16.6. The molecule has 2 heterocycles. The van der Waals surface area contributed by atoms with Gasteiger partial charge in [-0.3, -0.25) is 4.79 Å². The molecule has 2 aliphatic heterocycles. The maximum atomic E-state index is 11.9. The number of rotatable bonds is 20. The van der Waals surface area contributed by atoms with E-state index in [0.717, 1.165) is 24.8 Å². The maximum absolute atomic E-state index is 11.9. The van der Waals surface area contributed by atoms with Gasteiger partial charge in [-0.25, -0.2) is 4.79 Å². The number of nitrogens with two attached hydrogens (primary N) is 1. The van der Waals surface area contributed by atoms with Crippen LogP contribution in [-0.2, 0) is 28.5 Å². The van der Waals surface area contributed by atoms with Crippen molar-refractivity contribution < 1.29 is 43.5 Å². The first kappa shape index (κ1) is 45.9. The minimum absolute atomic E-state index is 0.00688. The molecule has 0 radical (unpaired) electrons. The normalized spacial score (nSPS) is 29.6. The van der Waals surface area contributed by atoms with Crippen molar-refractivity contribution in [2.24, 2.45) is 23.5 Å². The maximum Gasteiger partial charge on any atom is 0.404 e. The number of nitrogens with one attached hydrogen (secondary N) is 1. The van der Waals surface area contributed by atoms with Crippen LogP contribution in [0.25, 0.3) is 0 Å². The standard InChI is InChI=1S/C42H68N2O9/c1-11-12-13-14-28(3)19-30(5)37-23-35(50-10)22-36(51-37)24-38-31(6)25-42(8,48)39(53-38)20-29(4)16-15-27(2)17-18-34(52-41(43)47)21-33(45)26-44-40(46)32(7)49-9/h11-17,19,29-31,33-39,45,48H,7,18,20-26H2,1-6,8-10H3,(H2,43,47)(H,44,46)/b12-11+,14-13+,16-15+,27-17+,28-19+/t29-,30-,31-,33-,34+,35-,36-,37+,38+,39-,42+/m0/s1. The van der Waals surface area contributed by atoms with Gasteiger partial charge in [0.1, 0.15) is 6.10 Å². The van der Waals surface area contributed by atoms with Gasteiger partial charge in [-0.15, -0.1) is 0 Å². The fraction of sp³-hybridized carbons (Fsp3) is 0.667. The van der Waals surface area contributed by atoms with Crippen LogP contribution in [0.5, 0.6) is 0 Å². The molecule has 0 unspecified atom stereocenters. The van der Waals surface area contributed by atoms with Crippen LogP contribution in [0.4, 0.5) is 4.79 Å². The second-order valence-corrected chi connectivity index (χ2v) is 15.3. The summed E-state index contributed by atoms with van der Waals surface area (Å²) in [6.07, 6.45) is 17.6. The molecule has 0 saturated carbocycles. The lowest BCUT2D eigenvalue weighted by Gasteiger charge is -2.47. The van der Waals surface area contributed by atoms with Crippen molar-refractivity contribution >= 4 is 12.0 Å². The number of carbonyl (C=O) groups is 2. The lowest BCUT2D eigenvalue weighted by Crippen LogP contribution is -2.53. The van der Waals surface area contributed by atoms with Gasteiger partial charge in [0.05, 0.1) is 49.3 Å². The molecule has 0 aromatic carbocycles. The molecule has 2 amide bonds. The number of aliphatic hydroxyl groups excluding tert-OH is 1. The Kier molecular flexibility index (Phi) is 19.8. The molecule has 5 N–H and O–H groups in total. The van der Waals surface area contributed by atoms with Crippen LogP contribution in [0, 0.1) is 17.8 Å². The predicted octanol–water partition coefficient (Wildman–Crippen LogP) is 6.61. The number of allylic oxidation sites excluding steroid dienone is 8. The van der Waals surface area contributed by atoms with Crippen molar-refractivity contribution in [3.05, 3.63) is 72.1 Å². The second-order valence-electron chi connectivity index (χ2n) is 15.3. The number of carbonyl (C=O) groups excluding carboxylic acids is 2. The zero-order chi connectivity index (χ0) is 39.7. The van der Waals surface area contributed by atoms with E-state index in [1.165, 1.54) is 12.7 Å². The van der Waals surface area contributed by atoms with Gasteiger partial charge in [-0.05, 0) is 58.8 Å². The first-order valence-corrected chi connectivity index (χ1v) is 19.0. The molecule has 0 spiro atoms. The molecular formula is C42H68N2O9. The number of primary amides is 1. The third-order valence-electron chi connectivity index (χ3n) is 10.2. The predicted molar refractivity (Wildman–Crippen MR) is 209 cm³/mol. The van der Waals surface area contributed by atoms with Gasteiger partial charge < -0.3 is 44.9 Å². The summed E-state index contributed by atoms with van der Waals surface area (Å²) < 4.78 is 29.3. The third-order valence-corrected chi connectivity index (χ3v) is 10.2. The van der Waals surface area contributed by atoms with Gasteiger partial charge >= 0.3 is 6.09 Å². The Labute approximate surface area is 318 Å². The van der Waals surface area contributed by atoms with Gasteiger partial charge in [-0.2, -0.15) is 0 Å². The molecule has 0 aromatic rings. The van der Waals surface area contributed by atoms with Crippen molar-refractivity contribution in [3.63, 3.8) is 0 Å². The molecule has 0 aliphatic carbocycles. The summed E-state index contributed by atoms with van der Waals surface area (Å²) in [6.45, 7) is 17.8. The molecule has 2 saturated heterocycles. The van der Waals surface area contributed by atoms with Crippen molar-refractivity contribution in [3.8, 4) is 0 Å². The van der Waals surface area contributed by atoms with Crippen LogP contribution in [-0.4, -0.2) is 91.3 Å². The highest BCUT2D eigenvalue weighted by molar-refractivity contribution is 5.90. The number of methoxy groups -OCH3 is 2. The molecule has 11 heteroatoms. The van der Waals surface area contributed by atoms with Gasteiger partial charge in [0.2, 0.25) is 0 Å². The van der Waals surface area contributed by atoms with Crippen molar-refractivity contribution in [2.75, 3.05) is 20.8 Å². The molecule has 2 rings (SSSR count). The summed E-state index contributed by atoms with van der Waals surface area (Å²) in [5.41, 5.74) is 6.43. The largest absolute Gasteiger partial charge is 0.492 e. The average Bonchev–Trinajstić information content (AvgIpc) is 3.09. The van der Waals surface area contributed by atoms with E-state index in [1.807, 2.05) is 51.2 Å². The first-order chi connectivity index (χ1) is 25.0. The highest BCUT2D eigenvalue weighted by Crippen LogP contribution is 2.39. The van der Waals surface area contributed by atoms with Crippen molar-refractivity contribution in [1.82, 2.24) is 5.32 Å². The smallest absolute Gasteiger partial charge is 0.404 e. The zero-order valence-corrected chi connectivity index (χ0v) is 33.6. The van der Waals surface area contributed by atoms with E-state index in [0.29, 0.717) is 19.3 Å². The Morgan fingerprint density at radius 2 is 1.83 bits per heavy atom. The summed E-state index contributed by atoms with van der Waals surface area (Å²) >= 11 is 0. The molecular weight excluding hydrogens is 676 g/mol. The van der Waals surface area contributed by atoms with E-state index in [-0.39, 0.29) is 67.0 Å². The lowest BCUT2D eigenvalue weighted by molar-refractivity contribution is -0.208. The van der Waals surface area contributed by atoms with Crippen LogP contribution >= 0.6 is 0 Å². The molecule has 2 fully saturated rings. The molecule has 11 nitrogen and oxygen atoms in total. The lowest BCUT2D eigenvalue weighted by atomic mass is 9.77. The van der Waals surface area contributed by atoms with Crippen LogP contribution in [0.2, 0.25) is 0 Å². The van der Waals surface area contributed by atoms with Crippen LogP contribution < -0.4 is 11.1 Å². The van der Waals surface area contributed by atoms with Crippen LogP contribution in [0.1, 0.15) is 93.4 Å². The Hall–Kier alpha value is -3.22. The molecule has 2 aliphatic rings. The fourth-order valence-corrected chi connectivity index (χ4v) is 7.11. The Morgan fingerprint density at radius 3 is 2.47 bits per heavy atom. The molecule has 53 heavy (non-hydrogen) atoms. The second kappa shape index (κ2) is 22.9. The molecule has 0 aromatic heterocycles. The third kappa shape index (κ3) is 16.8. The summed E-state index contributed by atoms with van der Waals surface area (Å²) in [5.74, 6) is -0.127. The van der Waals surface area contributed by atoms with Crippen LogP contribution in [0.15, 0.2) is 72.1 Å². The number of aliphatic hydroxyl groups is 2. The number of hydrogen-bond donors (Lipinski definition) is 4. The molecule has 300 valence electrons. The number of hydrogen-bond acceptors (Lipinski definition) is 9. The Morgan fingerprint density at radius 1 is 1.11 bits per heavy atom. The van der Waals surface area contributed by atoms with Crippen molar-refractivity contribution in [1.29, 1.82) is 0 Å². The fourth-order valence-electron chi connectivity index (χ4n) is 7.11. The van der Waals surface area contributed by atoms with Gasteiger partial charge in [-0.1, -0.05) is 87.1 Å².